The lowest BCUT2D eigenvalue weighted by Crippen LogP contribution is -2.11. The maximum absolute atomic E-state index is 11.7. The molecule has 5 heteroatoms. The van der Waals surface area contributed by atoms with Gasteiger partial charge in [-0.15, -0.1) is 11.3 Å². The molecule has 1 saturated carbocycles. The van der Waals surface area contributed by atoms with Gasteiger partial charge in [0.25, 0.3) is 0 Å². The van der Waals surface area contributed by atoms with E-state index in [0.29, 0.717) is 10.8 Å². The van der Waals surface area contributed by atoms with Gasteiger partial charge in [-0.1, -0.05) is 19.8 Å². The van der Waals surface area contributed by atoms with Crippen LogP contribution in [-0.2, 0) is 4.74 Å². The summed E-state index contributed by atoms with van der Waals surface area (Å²) in [5.74, 6) is 0.520. The molecule has 1 aromatic rings. The van der Waals surface area contributed by atoms with Crippen LogP contribution in [0.2, 0.25) is 0 Å². The average molecular weight is 281 g/mol. The zero-order chi connectivity index (χ0) is 14.0. The minimum Gasteiger partial charge on any atom is -0.464 e. The first kappa shape index (κ1) is 14.2. The molecule has 1 aliphatic carbocycles. The van der Waals surface area contributed by atoms with Crippen LogP contribution in [0.15, 0.2) is 0 Å². The Morgan fingerprint density at radius 1 is 1.26 bits per heavy atom. The smallest absolute Gasteiger partial charge is 0.358 e. The highest BCUT2D eigenvalue weighted by atomic mass is 32.1. The van der Waals surface area contributed by atoms with Crippen molar-refractivity contribution in [3.8, 4) is 0 Å². The van der Waals surface area contributed by atoms with Crippen LogP contribution in [0.1, 0.15) is 70.6 Å². The summed E-state index contributed by atoms with van der Waals surface area (Å²) in [4.78, 5) is 28.1. The molecule has 0 bridgehead atoms. The number of nitrogens with zero attached hydrogens (tertiary/aromatic N) is 1. The van der Waals surface area contributed by atoms with Gasteiger partial charge in [0.2, 0.25) is 0 Å². The standard InChI is InChI=1S/C14H19NO3S/c1-8-4-6-10(7-5-8)13-15-11(14(17)18-3)12(19-13)9(2)16/h8,10H,4-7H2,1-3H3. The molecule has 4 nitrogen and oxygen atoms in total. The highest BCUT2D eigenvalue weighted by Gasteiger charge is 2.27. The van der Waals surface area contributed by atoms with Crippen molar-refractivity contribution in [3.63, 3.8) is 0 Å². The van der Waals surface area contributed by atoms with E-state index in [1.165, 1.54) is 38.2 Å². The predicted octanol–water partition coefficient (Wildman–Crippen LogP) is 3.43. The average Bonchev–Trinajstić information content (AvgIpc) is 2.84. The Hall–Kier alpha value is -1.23. The fourth-order valence-electron chi connectivity index (χ4n) is 2.49. The monoisotopic (exact) mass is 281 g/mol. The van der Waals surface area contributed by atoms with Gasteiger partial charge < -0.3 is 4.74 Å². The summed E-state index contributed by atoms with van der Waals surface area (Å²) < 4.78 is 4.70. The van der Waals surface area contributed by atoms with Crippen LogP contribution in [0.4, 0.5) is 0 Å². The maximum atomic E-state index is 11.7. The van der Waals surface area contributed by atoms with E-state index >= 15 is 0 Å². The number of thiazole rings is 1. The van der Waals surface area contributed by atoms with E-state index in [0.717, 1.165) is 23.8 Å². The second kappa shape index (κ2) is 5.82. The van der Waals surface area contributed by atoms with Crippen LogP contribution in [0.25, 0.3) is 0 Å². The number of ether oxygens (including phenoxy) is 1. The first-order valence-corrected chi connectivity index (χ1v) is 7.44. The summed E-state index contributed by atoms with van der Waals surface area (Å²) in [5.41, 5.74) is 0.189. The van der Waals surface area contributed by atoms with E-state index in [4.69, 9.17) is 4.74 Å². The maximum Gasteiger partial charge on any atom is 0.358 e. The molecule has 0 unspecified atom stereocenters. The van der Waals surface area contributed by atoms with Gasteiger partial charge in [-0.2, -0.15) is 0 Å². The van der Waals surface area contributed by atoms with Crippen LogP contribution < -0.4 is 0 Å². The fourth-order valence-corrected chi connectivity index (χ4v) is 3.61. The molecule has 0 atom stereocenters. The van der Waals surface area contributed by atoms with Crippen molar-refractivity contribution >= 4 is 23.1 Å². The summed E-state index contributed by atoms with van der Waals surface area (Å²) in [6, 6.07) is 0. The van der Waals surface area contributed by atoms with Gasteiger partial charge in [0.05, 0.1) is 12.1 Å². The van der Waals surface area contributed by atoms with Crippen molar-refractivity contribution in [1.29, 1.82) is 0 Å². The number of carbonyl (C=O) groups is 2. The Labute approximate surface area is 117 Å². The zero-order valence-electron chi connectivity index (χ0n) is 11.6. The number of esters is 1. The van der Waals surface area contributed by atoms with Crippen LogP contribution in [0.5, 0.6) is 0 Å². The molecule has 19 heavy (non-hydrogen) atoms. The van der Waals surface area contributed by atoms with Gasteiger partial charge in [0.15, 0.2) is 11.5 Å². The predicted molar refractivity (Wildman–Crippen MR) is 73.8 cm³/mol. The molecule has 0 saturated heterocycles. The Bertz CT molecular complexity index is 487. The van der Waals surface area contributed by atoms with Crippen molar-refractivity contribution in [2.45, 2.75) is 45.4 Å². The topological polar surface area (TPSA) is 56.3 Å². The molecule has 0 amide bonds. The summed E-state index contributed by atoms with van der Waals surface area (Å²) in [6.07, 6.45) is 4.56. The van der Waals surface area contributed by atoms with Crippen LogP contribution in [0, 0.1) is 5.92 Å². The number of Topliss-reactive ketones (excluding diaryl/α,β-unsaturated/α-hetero) is 1. The van der Waals surface area contributed by atoms with Gasteiger partial charge in [0.1, 0.15) is 4.88 Å². The van der Waals surface area contributed by atoms with Crippen molar-refractivity contribution in [2.75, 3.05) is 7.11 Å². The van der Waals surface area contributed by atoms with Gasteiger partial charge in [0, 0.05) is 12.8 Å². The quantitative estimate of drug-likeness (QED) is 0.629. The lowest BCUT2D eigenvalue weighted by atomic mass is 9.83. The summed E-state index contributed by atoms with van der Waals surface area (Å²) in [7, 11) is 1.31. The van der Waals surface area contributed by atoms with Gasteiger partial charge >= 0.3 is 5.97 Å². The lowest BCUT2D eigenvalue weighted by Gasteiger charge is -2.24. The van der Waals surface area contributed by atoms with E-state index in [1.807, 2.05) is 0 Å². The molecule has 1 fully saturated rings. The number of aromatic nitrogens is 1. The second-order valence-electron chi connectivity index (χ2n) is 5.23. The van der Waals surface area contributed by atoms with Crippen molar-refractivity contribution < 1.29 is 14.3 Å². The molecule has 1 aliphatic rings. The summed E-state index contributed by atoms with van der Waals surface area (Å²) >= 11 is 1.36. The number of methoxy groups -OCH3 is 1. The molecule has 0 aromatic carbocycles. The van der Waals surface area contributed by atoms with Crippen molar-refractivity contribution in [1.82, 2.24) is 4.98 Å². The molecular formula is C14H19NO3S. The third kappa shape index (κ3) is 3.03. The number of hydrogen-bond acceptors (Lipinski definition) is 5. The Kier molecular flexibility index (Phi) is 4.34. The molecule has 2 rings (SSSR count). The van der Waals surface area contributed by atoms with Crippen LogP contribution in [-0.4, -0.2) is 23.8 Å². The first-order chi connectivity index (χ1) is 9.02. The van der Waals surface area contributed by atoms with E-state index in [9.17, 15) is 9.59 Å². The van der Waals surface area contributed by atoms with Crippen LogP contribution >= 0.6 is 11.3 Å². The highest BCUT2D eigenvalue weighted by molar-refractivity contribution is 7.14. The highest BCUT2D eigenvalue weighted by Crippen LogP contribution is 2.38. The van der Waals surface area contributed by atoms with Gasteiger partial charge in [-0.25, -0.2) is 9.78 Å². The minimum atomic E-state index is -0.517. The van der Waals surface area contributed by atoms with E-state index in [-0.39, 0.29) is 11.5 Å². The number of ketones is 1. The lowest BCUT2D eigenvalue weighted by molar-refractivity contribution is 0.0591. The normalized spacial score (nSPS) is 23.1. The molecule has 0 aliphatic heterocycles. The Balaban J connectivity index is 2.27. The Morgan fingerprint density at radius 3 is 2.42 bits per heavy atom. The van der Waals surface area contributed by atoms with Crippen molar-refractivity contribution in [2.24, 2.45) is 5.92 Å². The van der Waals surface area contributed by atoms with Crippen LogP contribution in [0.3, 0.4) is 0 Å². The molecule has 1 heterocycles. The summed E-state index contributed by atoms with van der Waals surface area (Å²) in [6.45, 7) is 3.73. The third-order valence-corrected chi connectivity index (χ3v) is 5.03. The minimum absolute atomic E-state index is 0.117. The molecule has 0 spiro atoms. The molecule has 104 valence electrons. The van der Waals surface area contributed by atoms with Crippen molar-refractivity contribution in [3.05, 3.63) is 15.6 Å². The van der Waals surface area contributed by atoms with Gasteiger partial charge in [-0.3, -0.25) is 4.79 Å². The van der Waals surface area contributed by atoms with E-state index in [2.05, 4.69) is 11.9 Å². The number of rotatable bonds is 3. The number of hydrogen-bond donors (Lipinski definition) is 0. The molecule has 1 aromatic heterocycles. The van der Waals surface area contributed by atoms with E-state index in [1.54, 1.807) is 0 Å². The molecule has 0 radical (unpaired) electrons. The second-order valence-corrected chi connectivity index (χ2v) is 6.27. The summed E-state index contributed by atoms with van der Waals surface area (Å²) in [5, 5.41) is 0.914. The fraction of sp³-hybridized carbons (Fsp3) is 0.643. The SMILES string of the molecule is COC(=O)c1nc(C2CCC(C)CC2)sc1C(C)=O. The third-order valence-electron chi connectivity index (χ3n) is 3.71. The number of carbonyl (C=O) groups excluding carboxylic acids is 2. The van der Waals surface area contributed by atoms with E-state index < -0.39 is 5.97 Å². The first-order valence-electron chi connectivity index (χ1n) is 6.63. The molecular weight excluding hydrogens is 262 g/mol. The Morgan fingerprint density at radius 2 is 1.89 bits per heavy atom. The molecule has 0 N–H and O–H groups in total. The zero-order valence-corrected chi connectivity index (χ0v) is 12.4. The largest absolute Gasteiger partial charge is 0.464 e. The van der Waals surface area contributed by atoms with Gasteiger partial charge in [-0.05, 0) is 18.8 Å².